The fourth-order valence-electron chi connectivity index (χ4n) is 1.78. The third-order valence-electron chi connectivity index (χ3n) is 2.49. The first-order chi connectivity index (χ1) is 8.04. The van der Waals surface area contributed by atoms with Crippen LogP contribution in [0.2, 0.25) is 0 Å². The van der Waals surface area contributed by atoms with Gasteiger partial charge in [-0.1, -0.05) is 0 Å². The van der Waals surface area contributed by atoms with Gasteiger partial charge in [0.1, 0.15) is 11.8 Å². The van der Waals surface area contributed by atoms with Crippen molar-refractivity contribution in [2.45, 2.75) is 26.8 Å². The van der Waals surface area contributed by atoms with E-state index in [1.165, 1.54) is 0 Å². The highest BCUT2D eigenvalue weighted by Crippen LogP contribution is 2.22. The Hall–Kier alpha value is -1.97. The summed E-state index contributed by atoms with van der Waals surface area (Å²) in [5.74, 6) is 1.50. The number of aryl methyl sites for hydroxylation is 2. The van der Waals surface area contributed by atoms with Crippen LogP contribution in [0, 0.1) is 13.8 Å². The Labute approximate surface area is 101 Å². The van der Waals surface area contributed by atoms with Crippen molar-refractivity contribution in [1.29, 1.82) is 0 Å². The van der Waals surface area contributed by atoms with Crippen molar-refractivity contribution in [1.82, 2.24) is 4.98 Å². The van der Waals surface area contributed by atoms with Crippen LogP contribution in [-0.2, 0) is 0 Å². The molecular weight excluding hydrogens is 214 g/mol. The van der Waals surface area contributed by atoms with E-state index >= 15 is 0 Å². The Balaban J connectivity index is 2.15. The van der Waals surface area contributed by atoms with Gasteiger partial charge in [-0.15, -0.1) is 0 Å². The van der Waals surface area contributed by atoms with Gasteiger partial charge in [-0.3, -0.25) is 0 Å². The smallest absolute Gasteiger partial charge is 0.216 e. The fourth-order valence-corrected chi connectivity index (χ4v) is 1.78. The molecular formula is C13H17N3O. The zero-order chi connectivity index (χ0) is 12.4. The number of nitrogens with zero attached hydrogens (tertiary/aromatic N) is 1. The molecule has 0 saturated carbocycles. The highest BCUT2D eigenvalue weighted by molar-refractivity contribution is 5.57. The van der Waals surface area contributed by atoms with Crippen molar-refractivity contribution < 1.29 is 4.42 Å². The van der Waals surface area contributed by atoms with E-state index in [1.54, 1.807) is 6.20 Å². The number of oxazole rings is 1. The average molecular weight is 231 g/mol. The van der Waals surface area contributed by atoms with Gasteiger partial charge in [0.15, 0.2) is 0 Å². The normalized spacial score (nSPS) is 12.4. The van der Waals surface area contributed by atoms with Gasteiger partial charge in [0, 0.05) is 11.4 Å². The summed E-state index contributed by atoms with van der Waals surface area (Å²) >= 11 is 0. The number of anilines is 2. The van der Waals surface area contributed by atoms with Crippen LogP contribution in [0.1, 0.15) is 30.2 Å². The van der Waals surface area contributed by atoms with Gasteiger partial charge in [0.2, 0.25) is 5.89 Å². The van der Waals surface area contributed by atoms with Crippen LogP contribution >= 0.6 is 0 Å². The van der Waals surface area contributed by atoms with Gasteiger partial charge < -0.3 is 15.5 Å². The second-order valence-electron chi connectivity index (χ2n) is 4.31. The van der Waals surface area contributed by atoms with Crippen LogP contribution in [0.4, 0.5) is 11.4 Å². The first-order valence-electron chi connectivity index (χ1n) is 5.60. The van der Waals surface area contributed by atoms with Crippen molar-refractivity contribution in [3.05, 3.63) is 41.6 Å². The SMILES string of the molecule is Cc1cc(N)cc(NC(C)c2ncc(C)o2)c1. The standard InChI is InChI=1S/C13H17N3O/c1-8-4-11(14)6-12(5-8)16-10(3)13-15-7-9(2)17-13/h4-7,10,16H,14H2,1-3H3. The predicted octanol–water partition coefficient (Wildman–Crippen LogP) is 3.05. The lowest BCUT2D eigenvalue weighted by Gasteiger charge is -2.13. The quantitative estimate of drug-likeness (QED) is 0.797. The number of nitrogen functional groups attached to an aromatic ring is 1. The molecule has 4 heteroatoms. The highest BCUT2D eigenvalue weighted by Gasteiger charge is 2.11. The van der Waals surface area contributed by atoms with Crippen molar-refractivity contribution in [3.63, 3.8) is 0 Å². The number of rotatable bonds is 3. The second-order valence-corrected chi connectivity index (χ2v) is 4.31. The van der Waals surface area contributed by atoms with Gasteiger partial charge in [0.05, 0.1) is 6.20 Å². The molecule has 0 amide bonds. The Kier molecular flexibility index (Phi) is 3.04. The fraction of sp³-hybridized carbons (Fsp3) is 0.308. The van der Waals surface area contributed by atoms with E-state index in [0.717, 1.165) is 22.7 Å². The maximum Gasteiger partial charge on any atom is 0.216 e. The molecule has 90 valence electrons. The van der Waals surface area contributed by atoms with E-state index in [2.05, 4.69) is 10.3 Å². The van der Waals surface area contributed by atoms with Crippen LogP contribution in [0.5, 0.6) is 0 Å². The molecule has 1 aromatic carbocycles. The van der Waals surface area contributed by atoms with Crippen molar-refractivity contribution in [2.75, 3.05) is 11.1 Å². The molecule has 2 rings (SSSR count). The van der Waals surface area contributed by atoms with Crippen LogP contribution in [-0.4, -0.2) is 4.98 Å². The molecule has 3 N–H and O–H groups in total. The lowest BCUT2D eigenvalue weighted by atomic mass is 10.2. The summed E-state index contributed by atoms with van der Waals surface area (Å²) in [6.07, 6.45) is 1.72. The summed E-state index contributed by atoms with van der Waals surface area (Å²) in [7, 11) is 0. The Bertz CT molecular complexity index is 499. The summed E-state index contributed by atoms with van der Waals surface area (Å²) in [6.45, 7) is 5.90. The lowest BCUT2D eigenvalue weighted by molar-refractivity contribution is 0.454. The minimum Gasteiger partial charge on any atom is -0.444 e. The van der Waals surface area contributed by atoms with Crippen molar-refractivity contribution in [2.24, 2.45) is 0 Å². The van der Waals surface area contributed by atoms with Gasteiger partial charge in [-0.25, -0.2) is 4.98 Å². The maximum absolute atomic E-state index is 5.80. The molecule has 17 heavy (non-hydrogen) atoms. The van der Waals surface area contributed by atoms with Gasteiger partial charge in [0.25, 0.3) is 0 Å². The predicted molar refractivity (Wildman–Crippen MR) is 68.9 cm³/mol. The topological polar surface area (TPSA) is 64.1 Å². The molecule has 1 atom stereocenters. The number of hydrogen-bond acceptors (Lipinski definition) is 4. The molecule has 1 aromatic heterocycles. The van der Waals surface area contributed by atoms with E-state index in [0.29, 0.717) is 5.89 Å². The van der Waals surface area contributed by atoms with Gasteiger partial charge in [-0.2, -0.15) is 0 Å². The molecule has 0 aliphatic rings. The summed E-state index contributed by atoms with van der Waals surface area (Å²) in [4.78, 5) is 4.20. The van der Waals surface area contributed by atoms with E-state index in [1.807, 2.05) is 39.0 Å². The summed E-state index contributed by atoms with van der Waals surface area (Å²) in [5.41, 5.74) is 8.66. The van der Waals surface area contributed by atoms with E-state index in [-0.39, 0.29) is 6.04 Å². The molecule has 0 aliphatic heterocycles. The largest absolute Gasteiger partial charge is 0.444 e. The highest BCUT2D eigenvalue weighted by atomic mass is 16.4. The summed E-state index contributed by atoms with van der Waals surface area (Å²) in [5, 5.41) is 3.32. The first-order valence-corrected chi connectivity index (χ1v) is 5.60. The Morgan fingerprint density at radius 1 is 1.29 bits per heavy atom. The van der Waals surface area contributed by atoms with Crippen LogP contribution < -0.4 is 11.1 Å². The number of aromatic nitrogens is 1. The molecule has 0 radical (unpaired) electrons. The van der Waals surface area contributed by atoms with E-state index in [9.17, 15) is 0 Å². The molecule has 0 fully saturated rings. The minimum atomic E-state index is 0.0184. The molecule has 0 saturated heterocycles. The molecule has 4 nitrogen and oxygen atoms in total. The minimum absolute atomic E-state index is 0.0184. The number of nitrogens with two attached hydrogens (primary N) is 1. The molecule has 0 spiro atoms. The third-order valence-corrected chi connectivity index (χ3v) is 2.49. The molecule has 1 heterocycles. The average Bonchev–Trinajstić information content (AvgIpc) is 2.63. The van der Waals surface area contributed by atoms with Crippen molar-refractivity contribution in [3.8, 4) is 0 Å². The Morgan fingerprint density at radius 3 is 2.65 bits per heavy atom. The summed E-state index contributed by atoms with van der Waals surface area (Å²) in [6, 6.07) is 5.90. The lowest BCUT2D eigenvalue weighted by Crippen LogP contribution is -2.07. The third kappa shape index (κ3) is 2.78. The van der Waals surface area contributed by atoms with Gasteiger partial charge in [-0.05, 0) is 44.5 Å². The second kappa shape index (κ2) is 4.49. The van der Waals surface area contributed by atoms with Crippen LogP contribution in [0.3, 0.4) is 0 Å². The van der Waals surface area contributed by atoms with Crippen LogP contribution in [0.25, 0.3) is 0 Å². The molecule has 0 bridgehead atoms. The van der Waals surface area contributed by atoms with E-state index in [4.69, 9.17) is 10.2 Å². The molecule has 0 aliphatic carbocycles. The molecule has 2 aromatic rings. The molecule has 1 unspecified atom stereocenters. The van der Waals surface area contributed by atoms with Gasteiger partial charge >= 0.3 is 0 Å². The van der Waals surface area contributed by atoms with E-state index < -0.39 is 0 Å². The van der Waals surface area contributed by atoms with Crippen molar-refractivity contribution >= 4 is 11.4 Å². The number of nitrogens with one attached hydrogen (secondary N) is 1. The maximum atomic E-state index is 5.80. The number of hydrogen-bond donors (Lipinski definition) is 2. The zero-order valence-electron chi connectivity index (χ0n) is 10.3. The number of benzene rings is 1. The zero-order valence-corrected chi connectivity index (χ0v) is 10.3. The first kappa shape index (κ1) is 11.5. The summed E-state index contributed by atoms with van der Waals surface area (Å²) < 4.78 is 5.47. The van der Waals surface area contributed by atoms with Crippen LogP contribution in [0.15, 0.2) is 28.8 Å². The monoisotopic (exact) mass is 231 g/mol. The Morgan fingerprint density at radius 2 is 2.06 bits per heavy atom.